The van der Waals surface area contributed by atoms with Crippen molar-refractivity contribution in [1.29, 1.82) is 0 Å². The van der Waals surface area contributed by atoms with Crippen LogP contribution in [0.2, 0.25) is 0 Å². The molecule has 0 saturated carbocycles. The molecular formula is C9H11N5. The van der Waals surface area contributed by atoms with Gasteiger partial charge in [0.15, 0.2) is 5.65 Å². The van der Waals surface area contributed by atoms with E-state index in [1.807, 2.05) is 6.07 Å². The van der Waals surface area contributed by atoms with E-state index in [1.165, 1.54) is 0 Å². The summed E-state index contributed by atoms with van der Waals surface area (Å²) in [5, 5.41) is 7.34. The van der Waals surface area contributed by atoms with Gasteiger partial charge in [-0.15, -0.1) is 0 Å². The summed E-state index contributed by atoms with van der Waals surface area (Å²) in [5.74, 6) is 0.539. The molecule has 3 rings (SSSR count). The van der Waals surface area contributed by atoms with Crippen molar-refractivity contribution in [2.75, 3.05) is 13.1 Å². The van der Waals surface area contributed by atoms with E-state index < -0.39 is 0 Å². The van der Waals surface area contributed by atoms with Crippen molar-refractivity contribution in [3.05, 3.63) is 24.4 Å². The summed E-state index contributed by atoms with van der Waals surface area (Å²) in [6.45, 7) is 2.11. The Labute approximate surface area is 81.2 Å². The Bertz CT molecular complexity index is 443. The van der Waals surface area contributed by atoms with E-state index >= 15 is 0 Å². The fourth-order valence-corrected chi connectivity index (χ4v) is 1.87. The zero-order valence-corrected chi connectivity index (χ0v) is 7.72. The van der Waals surface area contributed by atoms with Crippen LogP contribution in [0, 0.1) is 0 Å². The summed E-state index contributed by atoms with van der Waals surface area (Å²) in [4.78, 5) is 8.52. The molecule has 0 bridgehead atoms. The van der Waals surface area contributed by atoms with Crippen LogP contribution in [0.3, 0.4) is 0 Å². The first-order valence-corrected chi connectivity index (χ1v) is 4.79. The minimum absolute atomic E-state index is 0.539. The quantitative estimate of drug-likeness (QED) is 0.696. The van der Waals surface area contributed by atoms with Crippen molar-refractivity contribution in [3.63, 3.8) is 0 Å². The number of hydrogen-bond acceptors (Lipinski definition) is 4. The molecule has 5 nitrogen and oxygen atoms in total. The first-order chi connectivity index (χ1) is 6.93. The second-order valence-electron chi connectivity index (χ2n) is 3.57. The second-order valence-corrected chi connectivity index (χ2v) is 3.57. The highest BCUT2D eigenvalue weighted by Gasteiger charge is 2.18. The van der Waals surface area contributed by atoms with E-state index in [0.717, 1.165) is 30.9 Å². The van der Waals surface area contributed by atoms with Crippen LogP contribution < -0.4 is 5.32 Å². The molecule has 1 saturated heterocycles. The topological polar surface area (TPSA) is 55.1 Å². The van der Waals surface area contributed by atoms with Crippen LogP contribution in [0.1, 0.15) is 18.0 Å². The molecule has 1 N–H and O–H groups in total. The van der Waals surface area contributed by atoms with Crippen LogP contribution in [0.25, 0.3) is 5.65 Å². The average Bonchev–Trinajstić information content (AvgIpc) is 2.88. The minimum Gasteiger partial charge on any atom is -0.316 e. The van der Waals surface area contributed by atoms with Crippen LogP contribution in [0.15, 0.2) is 18.7 Å². The maximum absolute atomic E-state index is 4.38. The van der Waals surface area contributed by atoms with E-state index in [0.29, 0.717) is 5.92 Å². The average molecular weight is 189 g/mol. The Kier molecular flexibility index (Phi) is 1.70. The number of nitrogens with zero attached hydrogens (tertiary/aromatic N) is 4. The third-order valence-electron chi connectivity index (χ3n) is 2.67. The molecule has 0 amide bonds. The van der Waals surface area contributed by atoms with Gasteiger partial charge in [-0.25, -0.2) is 14.5 Å². The first kappa shape index (κ1) is 7.87. The molecule has 5 heteroatoms. The van der Waals surface area contributed by atoms with Crippen LogP contribution in [0.5, 0.6) is 0 Å². The lowest BCUT2D eigenvalue weighted by molar-refractivity contribution is 0.725. The lowest BCUT2D eigenvalue weighted by Crippen LogP contribution is -2.09. The van der Waals surface area contributed by atoms with Crippen molar-refractivity contribution in [1.82, 2.24) is 24.9 Å². The molecule has 72 valence electrons. The Hall–Kier alpha value is -1.49. The highest BCUT2D eigenvalue weighted by atomic mass is 15.3. The molecule has 2 aromatic rings. The molecular weight excluding hydrogens is 178 g/mol. The number of fused-ring (bicyclic) bond motifs is 1. The Morgan fingerprint density at radius 3 is 3.29 bits per heavy atom. The van der Waals surface area contributed by atoms with E-state index in [4.69, 9.17) is 0 Å². The van der Waals surface area contributed by atoms with Gasteiger partial charge in [-0.05, 0) is 13.0 Å². The number of aromatic nitrogens is 4. The Morgan fingerprint density at radius 2 is 2.43 bits per heavy atom. The highest BCUT2D eigenvalue weighted by Crippen LogP contribution is 2.20. The van der Waals surface area contributed by atoms with Crippen LogP contribution >= 0.6 is 0 Å². The largest absolute Gasteiger partial charge is 0.316 e. The second kappa shape index (κ2) is 3.02. The molecule has 0 radical (unpaired) electrons. The van der Waals surface area contributed by atoms with E-state index in [2.05, 4.69) is 20.4 Å². The summed E-state index contributed by atoms with van der Waals surface area (Å²) in [6, 6.07) is 2.02. The molecule has 1 aliphatic heterocycles. The molecule has 1 aliphatic rings. The van der Waals surface area contributed by atoms with Crippen molar-refractivity contribution >= 4 is 5.65 Å². The standard InChI is InChI=1S/C9H11N5/c1-2-10-4-7(1)8-3-9-11-5-13-14(9)6-12-8/h3,5-7,10H,1-2,4H2. The summed E-state index contributed by atoms with van der Waals surface area (Å²) >= 11 is 0. The normalized spacial score (nSPS) is 21.9. The number of rotatable bonds is 1. The lowest BCUT2D eigenvalue weighted by Gasteiger charge is -2.06. The smallest absolute Gasteiger partial charge is 0.158 e. The van der Waals surface area contributed by atoms with Crippen molar-refractivity contribution in [2.45, 2.75) is 12.3 Å². The minimum atomic E-state index is 0.539. The van der Waals surface area contributed by atoms with Gasteiger partial charge in [-0.1, -0.05) is 0 Å². The van der Waals surface area contributed by atoms with Gasteiger partial charge in [0.05, 0.1) is 5.69 Å². The van der Waals surface area contributed by atoms with Gasteiger partial charge < -0.3 is 5.32 Å². The Balaban J connectivity index is 2.04. The molecule has 1 atom stereocenters. The van der Waals surface area contributed by atoms with Crippen LogP contribution in [-0.4, -0.2) is 32.7 Å². The van der Waals surface area contributed by atoms with Crippen molar-refractivity contribution < 1.29 is 0 Å². The van der Waals surface area contributed by atoms with Gasteiger partial charge >= 0.3 is 0 Å². The highest BCUT2D eigenvalue weighted by molar-refractivity contribution is 5.37. The number of nitrogens with one attached hydrogen (secondary N) is 1. The predicted octanol–water partition coefficient (Wildman–Crippen LogP) is 0.201. The fourth-order valence-electron chi connectivity index (χ4n) is 1.87. The monoisotopic (exact) mass is 189 g/mol. The molecule has 3 heterocycles. The van der Waals surface area contributed by atoms with Gasteiger partial charge in [0.2, 0.25) is 0 Å². The molecule has 0 spiro atoms. The van der Waals surface area contributed by atoms with Crippen LogP contribution in [-0.2, 0) is 0 Å². The van der Waals surface area contributed by atoms with Gasteiger partial charge in [0.25, 0.3) is 0 Å². The summed E-state index contributed by atoms with van der Waals surface area (Å²) < 4.78 is 1.69. The van der Waals surface area contributed by atoms with E-state index in [1.54, 1.807) is 17.2 Å². The lowest BCUT2D eigenvalue weighted by atomic mass is 10.1. The molecule has 14 heavy (non-hydrogen) atoms. The maximum Gasteiger partial charge on any atom is 0.158 e. The van der Waals surface area contributed by atoms with Crippen molar-refractivity contribution in [2.24, 2.45) is 0 Å². The van der Waals surface area contributed by atoms with Crippen LogP contribution in [0.4, 0.5) is 0 Å². The first-order valence-electron chi connectivity index (χ1n) is 4.79. The van der Waals surface area contributed by atoms with E-state index in [9.17, 15) is 0 Å². The van der Waals surface area contributed by atoms with Gasteiger partial charge in [-0.3, -0.25) is 0 Å². The van der Waals surface area contributed by atoms with Gasteiger partial charge in [-0.2, -0.15) is 5.10 Å². The van der Waals surface area contributed by atoms with Gasteiger partial charge in [0, 0.05) is 18.5 Å². The summed E-state index contributed by atoms with van der Waals surface area (Å²) in [6.07, 6.45) is 4.45. The predicted molar refractivity (Wildman–Crippen MR) is 51.0 cm³/mol. The zero-order chi connectivity index (χ0) is 9.38. The molecule has 2 aromatic heterocycles. The third-order valence-corrected chi connectivity index (χ3v) is 2.67. The number of hydrogen-bond donors (Lipinski definition) is 1. The zero-order valence-electron chi connectivity index (χ0n) is 7.72. The molecule has 1 fully saturated rings. The fraction of sp³-hybridized carbons (Fsp3) is 0.444. The molecule has 0 aliphatic carbocycles. The molecule has 1 unspecified atom stereocenters. The Morgan fingerprint density at radius 1 is 1.43 bits per heavy atom. The summed E-state index contributed by atoms with van der Waals surface area (Å²) in [5.41, 5.74) is 2.00. The summed E-state index contributed by atoms with van der Waals surface area (Å²) in [7, 11) is 0. The third kappa shape index (κ3) is 1.17. The SMILES string of the molecule is c1nc2cc(C3CCNC3)ncn2n1. The van der Waals surface area contributed by atoms with Crippen molar-refractivity contribution in [3.8, 4) is 0 Å². The molecule has 0 aromatic carbocycles. The van der Waals surface area contributed by atoms with Gasteiger partial charge in [0.1, 0.15) is 12.7 Å². The maximum atomic E-state index is 4.38. The van der Waals surface area contributed by atoms with E-state index in [-0.39, 0.29) is 0 Å².